The molecule has 0 spiro atoms. The standard InChI is InChI=1S/C16H20N6O2S/c1-11-7-22-12(9-25-16(22)19-11)3-4-14(23)21-5-6-24-8-13(21)15-17-10-18-20(15)2/h7,9-10,13H,3-6,8H2,1-2H3. The number of nitrogens with zero attached hydrogens (tertiary/aromatic N) is 6. The van der Waals surface area contributed by atoms with E-state index in [0.29, 0.717) is 32.6 Å². The van der Waals surface area contributed by atoms with Gasteiger partial charge < -0.3 is 9.64 Å². The molecular weight excluding hydrogens is 340 g/mol. The zero-order chi connectivity index (χ0) is 17.4. The highest BCUT2D eigenvalue weighted by Crippen LogP contribution is 2.24. The van der Waals surface area contributed by atoms with Crippen LogP contribution in [0.4, 0.5) is 0 Å². The Morgan fingerprint density at radius 3 is 3.16 bits per heavy atom. The first-order valence-corrected chi connectivity index (χ1v) is 9.14. The summed E-state index contributed by atoms with van der Waals surface area (Å²) in [6, 6.07) is -0.174. The van der Waals surface area contributed by atoms with Crippen molar-refractivity contribution < 1.29 is 9.53 Å². The Balaban J connectivity index is 1.48. The zero-order valence-corrected chi connectivity index (χ0v) is 15.1. The Hall–Kier alpha value is -2.26. The summed E-state index contributed by atoms with van der Waals surface area (Å²) >= 11 is 1.61. The number of imidazole rings is 1. The number of carbonyl (C=O) groups excluding carboxylic acids is 1. The number of morpholine rings is 1. The summed E-state index contributed by atoms with van der Waals surface area (Å²) in [5.41, 5.74) is 2.12. The fraction of sp³-hybridized carbons (Fsp3) is 0.500. The molecule has 3 aromatic rings. The number of fused-ring (bicyclic) bond motifs is 1. The number of rotatable bonds is 4. The van der Waals surface area contributed by atoms with E-state index in [1.54, 1.807) is 16.0 Å². The molecule has 0 N–H and O–H groups in total. The van der Waals surface area contributed by atoms with Gasteiger partial charge in [0.2, 0.25) is 5.91 Å². The predicted molar refractivity (Wildman–Crippen MR) is 92.4 cm³/mol. The van der Waals surface area contributed by atoms with Crippen LogP contribution < -0.4 is 0 Å². The topological polar surface area (TPSA) is 77.5 Å². The van der Waals surface area contributed by atoms with Gasteiger partial charge in [-0.25, -0.2) is 9.97 Å². The Bertz CT molecular complexity index is 898. The molecule has 25 heavy (non-hydrogen) atoms. The molecule has 0 aromatic carbocycles. The normalized spacial score (nSPS) is 18.2. The van der Waals surface area contributed by atoms with Crippen molar-refractivity contribution in [2.24, 2.45) is 7.05 Å². The molecule has 1 aliphatic rings. The first-order valence-electron chi connectivity index (χ1n) is 8.26. The highest BCUT2D eigenvalue weighted by Gasteiger charge is 2.31. The highest BCUT2D eigenvalue weighted by molar-refractivity contribution is 7.15. The van der Waals surface area contributed by atoms with E-state index in [2.05, 4.69) is 24.8 Å². The number of carbonyl (C=O) groups is 1. The Kier molecular flexibility index (Phi) is 4.26. The zero-order valence-electron chi connectivity index (χ0n) is 14.3. The van der Waals surface area contributed by atoms with E-state index in [1.807, 2.05) is 25.1 Å². The molecule has 0 saturated carbocycles. The van der Waals surface area contributed by atoms with E-state index in [0.717, 1.165) is 22.2 Å². The molecule has 1 aliphatic heterocycles. The molecule has 1 atom stereocenters. The molecule has 1 saturated heterocycles. The third-order valence-electron chi connectivity index (χ3n) is 4.49. The number of aryl methyl sites for hydroxylation is 3. The van der Waals surface area contributed by atoms with Gasteiger partial charge in [-0.3, -0.25) is 13.9 Å². The minimum absolute atomic E-state index is 0.118. The summed E-state index contributed by atoms with van der Waals surface area (Å²) in [7, 11) is 1.84. The number of amides is 1. The second-order valence-electron chi connectivity index (χ2n) is 6.18. The van der Waals surface area contributed by atoms with Gasteiger partial charge in [0.1, 0.15) is 12.4 Å². The summed E-state index contributed by atoms with van der Waals surface area (Å²) in [6.07, 6.45) is 4.67. The fourth-order valence-corrected chi connectivity index (χ4v) is 4.18. The molecule has 0 radical (unpaired) electrons. The minimum atomic E-state index is -0.174. The van der Waals surface area contributed by atoms with Gasteiger partial charge in [-0.05, 0) is 13.3 Å². The SMILES string of the molecule is Cc1cn2c(CCC(=O)N3CCOCC3c3ncnn3C)csc2n1. The van der Waals surface area contributed by atoms with Gasteiger partial charge in [0.15, 0.2) is 10.8 Å². The van der Waals surface area contributed by atoms with E-state index in [9.17, 15) is 4.79 Å². The van der Waals surface area contributed by atoms with Crippen LogP contribution in [0.5, 0.6) is 0 Å². The van der Waals surface area contributed by atoms with Crippen LogP contribution in [0.25, 0.3) is 4.96 Å². The van der Waals surface area contributed by atoms with Gasteiger partial charge in [0, 0.05) is 37.3 Å². The van der Waals surface area contributed by atoms with Gasteiger partial charge in [-0.2, -0.15) is 5.10 Å². The molecule has 4 heterocycles. The van der Waals surface area contributed by atoms with Gasteiger partial charge in [-0.15, -0.1) is 11.3 Å². The van der Waals surface area contributed by atoms with E-state index >= 15 is 0 Å². The van der Waals surface area contributed by atoms with E-state index < -0.39 is 0 Å². The van der Waals surface area contributed by atoms with E-state index in [1.165, 1.54) is 6.33 Å². The summed E-state index contributed by atoms with van der Waals surface area (Å²) in [5, 5.41) is 6.19. The lowest BCUT2D eigenvalue weighted by atomic mass is 10.1. The third-order valence-corrected chi connectivity index (χ3v) is 5.38. The molecular formula is C16H20N6O2S. The summed E-state index contributed by atoms with van der Waals surface area (Å²) in [4.78, 5) is 24.4. The Morgan fingerprint density at radius 2 is 2.36 bits per heavy atom. The Labute approximate surface area is 149 Å². The van der Waals surface area contributed by atoms with Crippen LogP contribution >= 0.6 is 11.3 Å². The number of hydrogen-bond donors (Lipinski definition) is 0. The summed E-state index contributed by atoms with van der Waals surface area (Å²) in [5.74, 6) is 0.878. The van der Waals surface area contributed by atoms with Crippen molar-refractivity contribution >= 4 is 22.2 Å². The van der Waals surface area contributed by atoms with Gasteiger partial charge >= 0.3 is 0 Å². The second kappa shape index (κ2) is 6.57. The lowest BCUT2D eigenvalue weighted by Gasteiger charge is -2.34. The molecule has 4 rings (SSSR count). The van der Waals surface area contributed by atoms with Crippen LogP contribution in [0.3, 0.4) is 0 Å². The summed E-state index contributed by atoms with van der Waals surface area (Å²) < 4.78 is 9.35. The van der Waals surface area contributed by atoms with Crippen molar-refractivity contribution in [3.63, 3.8) is 0 Å². The molecule has 132 valence electrons. The van der Waals surface area contributed by atoms with Crippen LogP contribution in [-0.2, 0) is 23.0 Å². The van der Waals surface area contributed by atoms with E-state index in [4.69, 9.17) is 4.74 Å². The minimum Gasteiger partial charge on any atom is -0.377 e. The van der Waals surface area contributed by atoms with Crippen molar-refractivity contribution in [2.45, 2.75) is 25.8 Å². The molecule has 1 fully saturated rings. The smallest absolute Gasteiger partial charge is 0.223 e. The first kappa shape index (κ1) is 16.2. The van der Waals surface area contributed by atoms with Crippen LogP contribution in [0.15, 0.2) is 17.9 Å². The molecule has 0 bridgehead atoms. The monoisotopic (exact) mass is 360 g/mol. The number of aromatic nitrogens is 5. The quantitative estimate of drug-likeness (QED) is 0.702. The van der Waals surface area contributed by atoms with Crippen molar-refractivity contribution in [1.82, 2.24) is 29.0 Å². The van der Waals surface area contributed by atoms with Gasteiger partial charge in [0.25, 0.3) is 0 Å². The maximum atomic E-state index is 12.8. The second-order valence-corrected chi connectivity index (χ2v) is 7.02. The highest BCUT2D eigenvalue weighted by atomic mass is 32.1. The van der Waals surface area contributed by atoms with Crippen molar-refractivity contribution in [3.05, 3.63) is 35.1 Å². The van der Waals surface area contributed by atoms with Crippen LogP contribution in [-0.4, -0.2) is 54.7 Å². The lowest BCUT2D eigenvalue weighted by Crippen LogP contribution is -2.44. The number of hydrogen-bond acceptors (Lipinski definition) is 6. The average molecular weight is 360 g/mol. The van der Waals surface area contributed by atoms with Crippen LogP contribution in [0.1, 0.15) is 29.7 Å². The molecule has 0 aliphatic carbocycles. The molecule has 1 amide bonds. The fourth-order valence-electron chi connectivity index (χ4n) is 3.22. The molecule has 8 nitrogen and oxygen atoms in total. The molecule has 9 heteroatoms. The van der Waals surface area contributed by atoms with Gasteiger partial charge in [0.05, 0.1) is 18.9 Å². The number of ether oxygens (including phenoxy) is 1. The molecule has 3 aromatic heterocycles. The molecule has 1 unspecified atom stereocenters. The average Bonchev–Trinajstić information content (AvgIpc) is 3.29. The first-order chi connectivity index (χ1) is 12.1. The van der Waals surface area contributed by atoms with Gasteiger partial charge in [-0.1, -0.05) is 0 Å². The van der Waals surface area contributed by atoms with Crippen LogP contribution in [0.2, 0.25) is 0 Å². The number of thiazole rings is 1. The summed E-state index contributed by atoms with van der Waals surface area (Å²) in [6.45, 7) is 3.58. The maximum Gasteiger partial charge on any atom is 0.223 e. The predicted octanol–water partition coefficient (Wildman–Crippen LogP) is 1.37. The Morgan fingerprint density at radius 1 is 1.48 bits per heavy atom. The van der Waals surface area contributed by atoms with Crippen LogP contribution in [0, 0.1) is 6.92 Å². The maximum absolute atomic E-state index is 12.8. The van der Waals surface area contributed by atoms with Crippen molar-refractivity contribution in [3.8, 4) is 0 Å². The van der Waals surface area contributed by atoms with Crippen molar-refractivity contribution in [2.75, 3.05) is 19.8 Å². The van der Waals surface area contributed by atoms with E-state index in [-0.39, 0.29) is 11.9 Å². The third kappa shape index (κ3) is 3.05. The largest absolute Gasteiger partial charge is 0.377 e. The lowest BCUT2D eigenvalue weighted by molar-refractivity contribution is -0.140. The van der Waals surface area contributed by atoms with Crippen molar-refractivity contribution in [1.29, 1.82) is 0 Å².